The maximum Gasteiger partial charge on any atom is 0.318 e. The highest BCUT2D eigenvalue weighted by Crippen LogP contribution is 2.39. The molecule has 1 atom stereocenters. The lowest BCUT2D eigenvalue weighted by Crippen LogP contribution is -2.29. The van der Waals surface area contributed by atoms with Crippen molar-refractivity contribution >= 4 is 29.4 Å². The number of carbonyl (C=O) groups is 1. The number of anilines is 1. The molecule has 1 unspecified atom stereocenters. The van der Waals surface area contributed by atoms with E-state index in [1.165, 1.54) is 0 Å². The van der Waals surface area contributed by atoms with Gasteiger partial charge in [-0.1, -0.05) is 0 Å². The first-order valence-corrected chi connectivity index (χ1v) is 11.5. The highest BCUT2D eigenvalue weighted by atomic mass is 16.6. The number of aliphatic imine (C=N–C) groups is 2. The van der Waals surface area contributed by atoms with E-state index in [1.807, 2.05) is 21.0 Å². The normalized spacial score (nSPS) is 15.6. The highest BCUT2D eigenvalue weighted by Gasteiger charge is 2.28. The molecule has 4 N–H and O–H groups in total. The number of nitrogens with one attached hydrogen (secondary N) is 1. The van der Waals surface area contributed by atoms with Gasteiger partial charge < -0.3 is 35.3 Å². The molecule has 1 aliphatic rings. The number of aliphatic hydroxyl groups excluding tert-OH is 1. The van der Waals surface area contributed by atoms with Crippen LogP contribution in [0.25, 0.3) is 0 Å². The minimum absolute atomic E-state index is 0.0392. The van der Waals surface area contributed by atoms with Gasteiger partial charge in [-0.15, -0.1) is 0 Å². The number of rotatable bonds is 13. The van der Waals surface area contributed by atoms with Gasteiger partial charge in [0.05, 0.1) is 12.3 Å². The van der Waals surface area contributed by atoms with Crippen LogP contribution < -0.4 is 15.8 Å². The molecule has 12 nitrogen and oxygen atoms in total. The molecule has 0 bridgehead atoms. The summed E-state index contributed by atoms with van der Waals surface area (Å²) < 4.78 is 15.9. The average Bonchev–Trinajstić information content (AvgIpc) is 2.77. The van der Waals surface area contributed by atoms with Crippen molar-refractivity contribution in [3.63, 3.8) is 0 Å². The summed E-state index contributed by atoms with van der Waals surface area (Å²) in [7, 11) is 5.57. The summed E-state index contributed by atoms with van der Waals surface area (Å²) in [4.78, 5) is 31.5. The molecule has 1 aromatic rings. The SMILES string of the molecule is CCN/C(=N\CCCN(C)C)OC(=O)CCCC1CC(O)=Nc2c(N)nc(OCCOC)nc21. The van der Waals surface area contributed by atoms with Crippen LogP contribution in [-0.2, 0) is 14.3 Å². The summed E-state index contributed by atoms with van der Waals surface area (Å²) in [6.45, 7) is 4.67. The van der Waals surface area contributed by atoms with Gasteiger partial charge in [0.2, 0.25) is 0 Å². The predicted octanol–water partition coefficient (Wildman–Crippen LogP) is 1.79. The molecule has 0 spiro atoms. The largest absolute Gasteiger partial charge is 0.496 e. The van der Waals surface area contributed by atoms with Gasteiger partial charge in [0, 0.05) is 39.0 Å². The second-order valence-corrected chi connectivity index (χ2v) is 8.14. The summed E-state index contributed by atoms with van der Waals surface area (Å²) in [5, 5.41) is 13.1. The Morgan fingerprint density at radius 2 is 2.09 bits per heavy atom. The zero-order chi connectivity index (χ0) is 24.9. The van der Waals surface area contributed by atoms with Crippen molar-refractivity contribution in [3.05, 3.63) is 5.69 Å². The molecule has 0 saturated carbocycles. The van der Waals surface area contributed by atoms with Crippen LogP contribution >= 0.6 is 0 Å². The summed E-state index contributed by atoms with van der Waals surface area (Å²) in [6, 6.07) is 0.382. The van der Waals surface area contributed by atoms with Gasteiger partial charge in [0.15, 0.2) is 11.7 Å². The van der Waals surface area contributed by atoms with Crippen LogP contribution in [-0.4, -0.2) is 91.9 Å². The number of esters is 1. The molecule has 0 saturated heterocycles. The minimum Gasteiger partial charge on any atom is -0.496 e. The van der Waals surface area contributed by atoms with Gasteiger partial charge in [0.25, 0.3) is 6.02 Å². The minimum atomic E-state index is -0.368. The quantitative estimate of drug-likeness (QED) is 0.165. The van der Waals surface area contributed by atoms with Crippen LogP contribution in [0.2, 0.25) is 0 Å². The van der Waals surface area contributed by atoms with Gasteiger partial charge >= 0.3 is 12.0 Å². The number of nitrogens with zero attached hydrogens (tertiary/aromatic N) is 5. The Morgan fingerprint density at radius 1 is 1.29 bits per heavy atom. The van der Waals surface area contributed by atoms with Gasteiger partial charge in [-0.25, -0.2) is 9.98 Å². The first kappa shape index (κ1) is 27.3. The van der Waals surface area contributed by atoms with Crippen LogP contribution in [0.15, 0.2) is 9.98 Å². The smallest absolute Gasteiger partial charge is 0.318 e. The lowest BCUT2D eigenvalue weighted by Gasteiger charge is -2.22. The second kappa shape index (κ2) is 14.3. The average molecular weight is 480 g/mol. The summed E-state index contributed by atoms with van der Waals surface area (Å²) in [5.41, 5.74) is 6.96. The molecule has 0 amide bonds. The molecular formula is C22H37N7O5. The summed E-state index contributed by atoms with van der Waals surface area (Å²) in [6.07, 6.45) is 2.47. The third-order valence-electron chi connectivity index (χ3n) is 4.98. The zero-order valence-corrected chi connectivity index (χ0v) is 20.5. The number of fused-ring (bicyclic) bond motifs is 1. The van der Waals surface area contributed by atoms with Crippen LogP contribution in [0.5, 0.6) is 6.01 Å². The van der Waals surface area contributed by atoms with E-state index in [-0.39, 0.29) is 48.7 Å². The topological polar surface area (TPSA) is 157 Å². The number of nitrogen functional groups attached to an aromatic ring is 1. The lowest BCUT2D eigenvalue weighted by atomic mass is 9.91. The fourth-order valence-electron chi connectivity index (χ4n) is 3.37. The molecular weight excluding hydrogens is 442 g/mol. The number of carbonyl (C=O) groups excluding carboxylic acids is 1. The molecule has 34 heavy (non-hydrogen) atoms. The molecule has 0 fully saturated rings. The Bertz CT molecular complexity index is 860. The fraction of sp³-hybridized carbons (Fsp3) is 0.682. The van der Waals surface area contributed by atoms with Gasteiger partial charge in [-0.05, 0) is 46.8 Å². The Labute approximate surface area is 200 Å². The molecule has 190 valence electrons. The van der Waals surface area contributed by atoms with E-state index in [2.05, 4.69) is 30.2 Å². The summed E-state index contributed by atoms with van der Waals surface area (Å²) >= 11 is 0. The maximum atomic E-state index is 12.4. The Morgan fingerprint density at radius 3 is 2.79 bits per heavy atom. The van der Waals surface area contributed by atoms with Crippen molar-refractivity contribution in [3.8, 4) is 6.01 Å². The third-order valence-corrected chi connectivity index (χ3v) is 4.98. The van der Waals surface area contributed by atoms with Crippen molar-refractivity contribution in [2.45, 2.75) is 44.9 Å². The number of aromatic nitrogens is 2. The number of nitrogens with two attached hydrogens (primary N) is 1. The van der Waals surface area contributed by atoms with Crippen LogP contribution in [0.4, 0.5) is 11.5 Å². The molecule has 2 rings (SSSR count). The number of aliphatic hydroxyl groups is 1. The van der Waals surface area contributed by atoms with E-state index < -0.39 is 0 Å². The molecule has 0 radical (unpaired) electrons. The molecule has 1 aromatic heterocycles. The fourth-order valence-corrected chi connectivity index (χ4v) is 3.37. The van der Waals surface area contributed by atoms with E-state index in [1.54, 1.807) is 7.11 Å². The van der Waals surface area contributed by atoms with Crippen LogP contribution in [0.1, 0.15) is 50.6 Å². The van der Waals surface area contributed by atoms with Gasteiger partial charge in [-0.3, -0.25) is 4.79 Å². The Kier molecular flexibility index (Phi) is 11.5. The standard InChI is InChI=1S/C22H37N7O5/c1-5-24-21(25-10-7-11-29(2)3)34-17(31)9-6-8-15-14-16(30)26-19-18(15)27-22(28-20(19)23)33-13-12-32-4/h15H,5-14H2,1-4H3,(H,24,25)(H,26,30)(H2,23,27,28). The number of ether oxygens (including phenoxy) is 3. The third kappa shape index (κ3) is 9.10. The molecule has 2 heterocycles. The van der Waals surface area contributed by atoms with Crippen molar-refractivity contribution < 1.29 is 24.1 Å². The van der Waals surface area contributed by atoms with Crippen molar-refractivity contribution in [2.24, 2.45) is 9.98 Å². The number of methoxy groups -OCH3 is 1. The zero-order valence-electron chi connectivity index (χ0n) is 20.5. The van der Waals surface area contributed by atoms with Crippen LogP contribution in [0, 0.1) is 0 Å². The van der Waals surface area contributed by atoms with Gasteiger partial charge in [-0.2, -0.15) is 9.97 Å². The predicted molar refractivity (Wildman–Crippen MR) is 130 cm³/mol. The van der Waals surface area contributed by atoms with E-state index in [4.69, 9.17) is 19.9 Å². The van der Waals surface area contributed by atoms with E-state index >= 15 is 0 Å². The first-order valence-electron chi connectivity index (χ1n) is 11.5. The second-order valence-electron chi connectivity index (χ2n) is 8.14. The lowest BCUT2D eigenvalue weighted by molar-refractivity contribution is -0.136. The number of hydrogen-bond acceptors (Lipinski definition) is 10. The van der Waals surface area contributed by atoms with Crippen molar-refractivity contribution in [1.29, 1.82) is 0 Å². The Hall–Kier alpha value is -2.99. The van der Waals surface area contributed by atoms with E-state index in [0.29, 0.717) is 50.3 Å². The van der Waals surface area contributed by atoms with Crippen molar-refractivity contribution in [2.75, 3.05) is 59.8 Å². The van der Waals surface area contributed by atoms with Crippen molar-refractivity contribution in [1.82, 2.24) is 20.2 Å². The molecule has 0 aliphatic carbocycles. The molecule has 0 aromatic carbocycles. The first-order chi connectivity index (χ1) is 16.3. The monoisotopic (exact) mass is 479 g/mol. The number of hydrogen-bond donors (Lipinski definition) is 3. The maximum absolute atomic E-state index is 12.4. The Balaban J connectivity index is 1.94. The summed E-state index contributed by atoms with van der Waals surface area (Å²) in [5.74, 6) is -0.452. The molecule has 12 heteroatoms. The van der Waals surface area contributed by atoms with Gasteiger partial charge in [0.1, 0.15) is 12.3 Å². The van der Waals surface area contributed by atoms with E-state index in [9.17, 15) is 9.90 Å². The van der Waals surface area contributed by atoms with E-state index in [0.717, 1.165) is 13.0 Å². The number of amidine groups is 1. The highest BCUT2D eigenvalue weighted by molar-refractivity contribution is 5.87. The molecule has 1 aliphatic heterocycles. The van der Waals surface area contributed by atoms with Crippen LogP contribution in [0.3, 0.4) is 0 Å².